The fourth-order valence-electron chi connectivity index (χ4n) is 2.39. The third-order valence-electron chi connectivity index (χ3n) is 3.57. The topological polar surface area (TPSA) is 12.0 Å². The summed E-state index contributed by atoms with van der Waals surface area (Å²) < 4.78 is 13.6. The van der Waals surface area contributed by atoms with E-state index in [4.69, 9.17) is 0 Å². The molecule has 0 heterocycles. The molecule has 100 valence electrons. The summed E-state index contributed by atoms with van der Waals surface area (Å²) in [5, 5.41) is 3.14. The van der Waals surface area contributed by atoms with Crippen LogP contribution in [-0.4, -0.2) is 7.05 Å². The summed E-state index contributed by atoms with van der Waals surface area (Å²) in [6.07, 6.45) is 0. The fourth-order valence-corrected chi connectivity index (χ4v) is 2.39. The fraction of sp³-hybridized carbons (Fsp3) is 0.294. The molecule has 0 fully saturated rings. The first-order chi connectivity index (χ1) is 9.02. The van der Waals surface area contributed by atoms with Gasteiger partial charge in [-0.25, -0.2) is 4.39 Å². The van der Waals surface area contributed by atoms with Crippen molar-refractivity contribution in [2.45, 2.75) is 27.3 Å². The second-order valence-corrected chi connectivity index (χ2v) is 5.08. The predicted octanol–water partition coefficient (Wildman–Crippen LogP) is 4.14. The van der Waals surface area contributed by atoms with Crippen molar-refractivity contribution in [2.24, 2.45) is 0 Å². The van der Waals surface area contributed by atoms with Crippen molar-refractivity contribution in [1.82, 2.24) is 5.32 Å². The normalized spacial score (nSPS) is 10.8. The number of rotatable bonds is 3. The lowest BCUT2D eigenvalue weighted by molar-refractivity contribution is 0.627. The van der Waals surface area contributed by atoms with E-state index in [-0.39, 0.29) is 5.82 Å². The van der Waals surface area contributed by atoms with Crippen LogP contribution in [0.4, 0.5) is 4.39 Å². The molecule has 2 heteroatoms. The maximum atomic E-state index is 13.6. The maximum absolute atomic E-state index is 13.6. The van der Waals surface area contributed by atoms with Gasteiger partial charge in [0.25, 0.3) is 0 Å². The van der Waals surface area contributed by atoms with E-state index in [0.717, 1.165) is 23.2 Å². The van der Waals surface area contributed by atoms with Gasteiger partial charge in [-0.1, -0.05) is 18.2 Å². The van der Waals surface area contributed by atoms with Crippen LogP contribution >= 0.6 is 0 Å². The number of hydrogen-bond donors (Lipinski definition) is 1. The van der Waals surface area contributed by atoms with Crippen LogP contribution in [0.3, 0.4) is 0 Å². The zero-order chi connectivity index (χ0) is 14.0. The van der Waals surface area contributed by atoms with Crippen LogP contribution in [0, 0.1) is 26.6 Å². The lowest BCUT2D eigenvalue weighted by Gasteiger charge is -2.14. The number of aryl methyl sites for hydroxylation is 3. The molecule has 0 saturated heterocycles. The molecule has 0 radical (unpaired) electrons. The second-order valence-electron chi connectivity index (χ2n) is 5.08. The summed E-state index contributed by atoms with van der Waals surface area (Å²) >= 11 is 0. The molecule has 0 unspecified atom stereocenters. The van der Waals surface area contributed by atoms with Gasteiger partial charge in [0.1, 0.15) is 5.82 Å². The zero-order valence-corrected chi connectivity index (χ0v) is 12.0. The Morgan fingerprint density at radius 1 is 0.895 bits per heavy atom. The second kappa shape index (κ2) is 5.54. The van der Waals surface area contributed by atoms with Gasteiger partial charge in [-0.2, -0.15) is 0 Å². The van der Waals surface area contributed by atoms with Gasteiger partial charge >= 0.3 is 0 Å². The van der Waals surface area contributed by atoms with Crippen LogP contribution in [0.2, 0.25) is 0 Å². The summed E-state index contributed by atoms with van der Waals surface area (Å²) in [6, 6.07) is 9.32. The first-order valence-electron chi connectivity index (χ1n) is 6.54. The van der Waals surface area contributed by atoms with E-state index in [1.807, 2.05) is 13.1 Å². The van der Waals surface area contributed by atoms with E-state index in [0.29, 0.717) is 0 Å². The quantitative estimate of drug-likeness (QED) is 0.871. The van der Waals surface area contributed by atoms with Gasteiger partial charge in [-0.15, -0.1) is 0 Å². The Bertz CT molecular complexity index is 602. The third kappa shape index (κ3) is 2.85. The molecule has 2 aromatic rings. The highest BCUT2D eigenvalue weighted by atomic mass is 19.1. The summed E-state index contributed by atoms with van der Waals surface area (Å²) in [5.41, 5.74) is 6.91. The monoisotopic (exact) mass is 257 g/mol. The van der Waals surface area contributed by atoms with E-state index < -0.39 is 0 Å². The van der Waals surface area contributed by atoms with E-state index in [1.165, 1.54) is 22.8 Å². The molecular formula is C17H20FN. The highest BCUT2D eigenvalue weighted by Gasteiger charge is 2.10. The van der Waals surface area contributed by atoms with E-state index in [1.54, 1.807) is 6.07 Å². The Morgan fingerprint density at radius 2 is 1.58 bits per heavy atom. The van der Waals surface area contributed by atoms with E-state index in [2.05, 4.69) is 38.2 Å². The lowest BCUT2D eigenvalue weighted by Crippen LogP contribution is -2.07. The van der Waals surface area contributed by atoms with Gasteiger partial charge in [-0.3, -0.25) is 0 Å². The average Bonchev–Trinajstić information content (AvgIpc) is 2.36. The molecule has 1 nitrogen and oxygen atoms in total. The minimum absolute atomic E-state index is 0.188. The summed E-state index contributed by atoms with van der Waals surface area (Å²) in [6.45, 7) is 7.01. The van der Waals surface area contributed by atoms with Gasteiger partial charge in [0.05, 0.1) is 0 Å². The van der Waals surface area contributed by atoms with Gasteiger partial charge in [0.15, 0.2) is 0 Å². The summed E-state index contributed by atoms with van der Waals surface area (Å²) in [5.74, 6) is -0.188. The molecule has 19 heavy (non-hydrogen) atoms. The van der Waals surface area contributed by atoms with Crippen molar-refractivity contribution >= 4 is 0 Å². The van der Waals surface area contributed by atoms with Gasteiger partial charge in [-0.05, 0) is 73.3 Å². The molecule has 0 aliphatic heterocycles. The van der Waals surface area contributed by atoms with Crippen LogP contribution in [0.1, 0.15) is 22.3 Å². The molecule has 2 rings (SSSR count). The Labute approximate surface area is 114 Å². The summed E-state index contributed by atoms with van der Waals surface area (Å²) in [7, 11) is 1.90. The van der Waals surface area contributed by atoms with Crippen molar-refractivity contribution in [3.63, 3.8) is 0 Å². The van der Waals surface area contributed by atoms with Crippen molar-refractivity contribution in [2.75, 3.05) is 7.05 Å². The molecule has 0 spiro atoms. The predicted molar refractivity (Wildman–Crippen MR) is 78.8 cm³/mol. The van der Waals surface area contributed by atoms with Crippen LogP contribution in [0.15, 0.2) is 30.3 Å². The molecule has 1 N–H and O–H groups in total. The Kier molecular flexibility index (Phi) is 4.01. The standard InChI is InChI=1S/C17H20FN/c1-11-7-13(3)16(8-12(11)2)17-9-15(18)6-5-14(17)10-19-4/h5-9,19H,10H2,1-4H3. The Hall–Kier alpha value is -1.67. The molecular weight excluding hydrogens is 237 g/mol. The average molecular weight is 257 g/mol. The molecule has 0 saturated carbocycles. The molecule has 0 aromatic heterocycles. The van der Waals surface area contributed by atoms with Crippen molar-refractivity contribution in [1.29, 1.82) is 0 Å². The number of hydrogen-bond acceptors (Lipinski definition) is 1. The van der Waals surface area contributed by atoms with Crippen LogP contribution in [0.25, 0.3) is 11.1 Å². The number of halogens is 1. The van der Waals surface area contributed by atoms with Crippen LogP contribution in [0.5, 0.6) is 0 Å². The molecule has 2 aromatic carbocycles. The van der Waals surface area contributed by atoms with Gasteiger partial charge in [0, 0.05) is 6.54 Å². The highest BCUT2D eigenvalue weighted by Crippen LogP contribution is 2.30. The zero-order valence-electron chi connectivity index (χ0n) is 12.0. The largest absolute Gasteiger partial charge is 0.316 e. The van der Waals surface area contributed by atoms with E-state index >= 15 is 0 Å². The van der Waals surface area contributed by atoms with Gasteiger partial charge in [0.2, 0.25) is 0 Å². The first kappa shape index (κ1) is 13.8. The third-order valence-corrected chi connectivity index (χ3v) is 3.57. The SMILES string of the molecule is CNCc1ccc(F)cc1-c1cc(C)c(C)cc1C. The van der Waals surface area contributed by atoms with Crippen molar-refractivity contribution < 1.29 is 4.39 Å². The van der Waals surface area contributed by atoms with Crippen molar-refractivity contribution in [3.8, 4) is 11.1 Å². The van der Waals surface area contributed by atoms with Crippen LogP contribution in [-0.2, 0) is 6.54 Å². The summed E-state index contributed by atoms with van der Waals surface area (Å²) in [4.78, 5) is 0. The Balaban J connectivity index is 2.63. The molecule has 0 aliphatic rings. The lowest BCUT2D eigenvalue weighted by atomic mass is 9.92. The number of benzene rings is 2. The highest BCUT2D eigenvalue weighted by molar-refractivity contribution is 5.72. The maximum Gasteiger partial charge on any atom is 0.123 e. The molecule has 0 bridgehead atoms. The minimum atomic E-state index is -0.188. The molecule has 0 aliphatic carbocycles. The van der Waals surface area contributed by atoms with E-state index in [9.17, 15) is 4.39 Å². The molecule has 0 amide bonds. The van der Waals surface area contributed by atoms with Crippen molar-refractivity contribution in [3.05, 3.63) is 58.4 Å². The smallest absolute Gasteiger partial charge is 0.123 e. The van der Waals surface area contributed by atoms with Gasteiger partial charge < -0.3 is 5.32 Å². The molecule has 0 atom stereocenters. The van der Waals surface area contributed by atoms with Crippen LogP contribution < -0.4 is 5.32 Å². The first-order valence-corrected chi connectivity index (χ1v) is 6.54. The Morgan fingerprint density at radius 3 is 2.26 bits per heavy atom. The minimum Gasteiger partial charge on any atom is -0.316 e. The number of nitrogens with one attached hydrogen (secondary N) is 1.